The summed E-state index contributed by atoms with van der Waals surface area (Å²) in [5, 5.41) is 8.89. The Labute approximate surface area is 107 Å². The van der Waals surface area contributed by atoms with Crippen LogP contribution in [0.25, 0.3) is 0 Å². The number of hydrogen-bond acceptors (Lipinski definition) is 4. The zero-order valence-corrected chi connectivity index (χ0v) is 10.4. The molecule has 2 N–H and O–H groups in total. The van der Waals surface area contributed by atoms with E-state index in [9.17, 15) is 4.79 Å². The quantitative estimate of drug-likeness (QED) is 0.659. The van der Waals surface area contributed by atoms with Crippen molar-refractivity contribution < 1.29 is 9.53 Å². The molecule has 0 amide bonds. The summed E-state index contributed by atoms with van der Waals surface area (Å²) in [6.07, 6.45) is 0.686. The highest BCUT2D eigenvalue weighted by Gasteiger charge is 2.09. The fraction of sp³-hybridized carbons (Fsp3) is 0.333. The molecule has 0 saturated carbocycles. The highest BCUT2D eigenvalue weighted by molar-refractivity contribution is 5.85. The van der Waals surface area contributed by atoms with E-state index in [0.29, 0.717) is 24.3 Å². The molecule has 17 heavy (non-hydrogen) atoms. The van der Waals surface area contributed by atoms with Crippen LogP contribution in [0.5, 0.6) is 0 Å². The van der Waals surface area contributed by atoms with Crippen LogP contribution in [0.2, 0.25) is 0 Å². The maximum atomic E-state index is 11.2. The van der Waals surface area contributed by atoms with Crippen molar-refractivity contribution in [2.75, 3.05) is 12.3 Å². The Hall–Kier alpha value is -1.73. The molecule has 92 valence electrons. The number of esters is 1. The summed E-state index contributed by atoms with van der Waals surface area (Å²) in [6, 6.07) is 7.20. The molecule has 0 aliphatic rings. The molecule has 1 aromatic carbocycles. The second-order valence-electron chi connectivity index (χ2n) is 3.29. The van der Waals surface area contributed by atoms with Crippen LogP contribution < -0.4 is 5.73 Å². The molecule has 0 bridgehead atoms. The Bertz CT molecular complexity index is 427. The highest BCUT2D eigenvalue weighted by Crippen LogP contribution is 2.18. The van der Waals surface area contributed by atoms with Gasteiger partial charge in [0.15, 0.2) is 0 Å². The van der Waals surface area contributed by atoms with Crippen LogP contribution in [-0.4, -0.2) is 12.6 Å². The van der Waals surface area contributed by atoms with E-state index in [-0.39, 0.29) is 24.8 Å². The molecule has 0 radical (unpaired) electrons. The minimum Gasteiger partial charge on any atom is -0.466 e. The van der Waals surface area contributed by atoms with Gasteiger partial charge in [0.25, 0.3) is 0 Å². The molecule has 0 spiro atoms. The second kappa shape index (κ2) is 7.53. The van der Waals surface area contributed by atoms with E-state index in [4.69, 9.17) is 15.7 Å². The summed E-state index contributed by atoms with van der Waals surface area (Å²) in [7, 11) is 0. The number of nitrogens with two attached hydrogens (primary N) is 1. The van der Waals surface area contributed by atoms with Gasteiger partial charge < -0.3 is 10.5 Å². The van der Waals surface area contributed by atoms with Crippen molar-refractivity contribution in [3.8, 4) is 6.07 Å². The fourth-order valence-corrected chi connectivity index (χ4v) is 1.45. The number of benzene rings is 1. The molecule has 0 aliphatic carbocycles. The maximum Gasteiger partial charge on any atom is 0.306 e. The molecule has 0 heterocycles. The van der Waals surface area contributed by atoms with Gasteiger partial charge in [0.1, 0.15) is 0 Å². The minimum atomic E-state index is -0.269. The summed E-state index contributed by atoms with van der Waals surface area (Å²) in [5.74, 6) is -0.269. The first-order valence-corrected chi connectivity index (χ1v) is 5.12. The average molecular weight is 255 g/mol. The Morgan fingerprint density at radius 1 is 1.53 bits per heavy atom. The third-order valence-electron chi connectivity index (χ3n) is 2.22. The van der Waals surface area contributed by atoms with Gasteiger partial charge in [-0.15, -0.1) is 12.4 Å². The molecule has 1 rings (SSSR count). The van der Waals surface area contributed by atoms with Gasteiger partial charge in [-0.3, -0.25) is 4.79 Å². The molecule has 5 heteroatoms. The second-order valence-corrected chi connectivity index (χ2v) is 3.29. The Morgan fingerprint density at radius 2 is 2.24 bits per heavy atom. The number of nitrogen functional groups attached to an aromatic ring is 1. The lowest BCUT2D eigenvalue weighted by atomic mass is 10.0. The van der Waals surface area contributed by atoms with Crippen LogP contribution in [0.3, 0.4) is 0 Å². The molecule has 0 aromatic heterocycles. The number of anilines is 1. The molecular formula is C12H15ClN2O2. The molecule has 0 unspecified atom stereocenters. The first-order chi connectivity index (χ1) is 7.69. The van der Waals surface area contributed by atoms with Crippen LogP contribution in [0.1, 0.15) is 24.5 Å². The molecule has 0 saturated heterocycles. The molecule has 4 nitrogen and oxygen atoms in total. The van der Waals surface area contributed by atoms with Gasteiger partial charge in [0, 0.05) is 12.1 Å². The van der Waals surface area contributed by atoms with Gasteiger partial charge >= 0.3 is 5.97 Å². The summed E-state index contributed by atoms with van der Waals surface area (Å²) >= 11 is 0. The lowest BCUT2D eigenvalue weighted by molar-refractivity contribution is -0.143. The van der Waals surface area contributed by atoms with Crippen LogP contribution in [0.15, 0.2) is 18.2 Å². The van der Waals surface area contributed by atoms with Crippen LogP contribution in [-0.2, 0) is 16.0 Å². The number of carbonyl (C=O) groups excluding carboxylic acids is 1. The number of ether oxygens (including phenoxy) is 1. The third-order valence-corrected chi connectivity index (χ3v) is 2.22. The number of nitrogens with zero attached hydrogens (tertiary/aromatic N) is 1. The smallest absolute Gasteiger partial charge is 0.306 e. The van der Waals surface area contributed by atoms with E-state index in [0.717, 1.165) is 5.56 Å². The molecule has 1 aromatic rings. The van der Waals surface area contributed by atoms with Gasteiger partial charge in [-0.05, 0) is 31.0 Å². The monoisotopic (exact) mass is 254 g/mol. The van der Waals surface area contributed by atoms with Crippen LogP contribution >= 0.6 is 12.4 Å². The van der Waals surface area contributed by atoms with Crippen LogP contribution in [0.4, 0.5) is 5.69 Å². The van der Waals surface area contributed by atoms with Crippen molar-refractivity contribution in [1.82, 2.24) is 0 Å². The van der Waals surface area contributed by atoms with Crippen molar-refractivity contribution in [3.63, 3.8) is 0 Å². The van der Waals surface area contributed by atoms with Gasteiger partial charge in [0.05, 0.1) is 18.2 Å². The molecule has 0 fully saturated rings. The Morgan fingerprint density at radius 3 is 2.82 bits per heavy atom. The van der Waals surface area contributed by atoms with Gasteiger partial charge in [-0.1, -0.05) is 6.07 Å². The lowest BCUT2D eigenvalue weighted by Crippen LogP contribution is -2.07. The summed E-state index contributed by atoms with van der Waals surface area (Å²) in [4.78, 5) is 11.2. The van der Waals surface area contributed by atoms with Crippen molar-refractivity contribution in [3.05, 3.63) is 29.3 Å². The van der Waals surface area contributed by atoms with E-state index in [1.165, 1.54) is 0 Å². The lowest BCUT2D eigenvalue weighted by Gasteiger charge is -2.07. The summed E-state index contributed by atoms with van der Waals surface area (Å²) in [5.41, 5.74) is 7.54. The van der Waals surface area contributed by atoms with E-state index in [2.05, 4.69) is 6.07 Å². The summed E-state index contributed by atoms with van der Waals surface area (Å²) < 4.78 is 4.81. The van der Waals surface area contributed by atoms with Crippen molar-refractivity contribution in [2.24, 2.45) is 0 Å². The largest absolute Gasteiger partial charge is 0.466 e. The van der Waals surface area contributed by atoms with Gasteiger partial charge in [-0.25, -0.2) is 0 Å². The predicted molar refractivity (Wildman–Crippen MR) is 67.8 cm³/mol. The Kier molecular flexibility index (Phi) is 6.76. The molecule has 0 atom stereocenters. The number of carbonyl (C=O) groups is 1. The molecular weight excluding hydrogens is 240 g/mol. The number of halogens is 1. The minimum absolute atomic E-state index is 0. The maximum absolute atomic E-state index is 11.2. The van der Waals surface area contributed by atoms with Crippen molar-refractivity contribution in [2.45, 2.75) is 19.8 Å². The van der Waals surface area contributed by atoms with E-state index >= 15 is 0 Å². The average Bonchev–Trinajstić information content (AvgIpc) is 2.27. The molecule has 0 aliphatic heterocycles. The number of hydrogen-bond donors (Lipinski definition) is 1. The number of rotatable bonds is 4. The third kappa shape index (κ3) is 4.33. The topological polar surface area (TPSA) is 76.1 Å². The van der Waals surface area contributed by atoms with Crippen molar-refractivity contribution in [1.29, 1.82) is 5.26 Å². The SMILES string of the molecule is CCOC(=O)CCc1c(N)cccc1C#N.Cl. The van der Waals surface area contributed by atoms with Gasteiger partial charge in [0.2, 0.25) is 0 Å². The van der Waals surface area contributed by atoms with Crippen molar-refractivity contribution >= 4 is 24.1 Å². The Balaban J connectivity index is 0.00000256. The van der Waals surface area contributed by atoms with E-state index < -0.39 is 0 Å². The zero-order valence-electron chi connectivity index (χ0n) is 9.60. The predicted octanol–water partition coefficient (Wildman–Crippen LogP) is 2.06. The van der Waals surface area contributed by atoms with Crippen LogP contribution in [0, 0.1) is 11.3 Å². The zero-order chi connectivity index (χ0) is 12.0. The number of nitriles is 1. The first kappa shape index (κ1) is 15.3. The normalized spacial score (nSPS) is 8.94. The van der Waals surface area contributed by atoms with E-state index in [1.807, 2.05) is 0 Å². The fourth-order valence-electron chi connectivity index (χ4n) is 1.45. The summed E-state index contributed by atoms with van der Waals surface area (Å²) in [6.45, 7) is 2.13. The standard InChI is InChI=1S/C12H14N2O2.ClH/c1-2-16-12(15)7-6-10-9(8-13)4-3-5-11(10)14;/h3-5H,2,6-7,14H2,1H3;1H. The highest BCUT2D eigenvalue weighted by atomic mass is 35.5. The first-order valence-electron chi connectivity index (χ1n) is 5.12. The van der Waals surface area contributed by atoms with E-state index in [1.54, 1.807) is 25.1 Å². The van der Waals surface area contributed by atoms with Gasteiger partial charge in [-0.2, -0.15) is 5.26 Å².